The van der Waals surface area contributed by atoms with E-state index in [2.05, 4.69) is 24.7 Å². The van der Waals surface area contributed by atoms with Crippen LogP contribution < -0.4 is 0 Å². The van der Waals surface area contributed by atoms with Crippen molar-refractivity contribution in [2.75, 3.05) is 6.61 Å². The van der Waals surface area contributed by atoms with Gasteiger partial charge in [0.05, 0.1) is 0 Å². The molecule has 0 saturated carbocycles. The van der Waals surface area contributed by atoms with Crippen LogP contribution in [0.15, 0.2) is 12.3 Å². The van der Waals surface area contributed by atoms with Gasteiger partial charge < -0.3 is 4.74 Å². The van der Waals surface area contributed by atoms with Crippen molar-refractivity contribution in [3.63, 3.8) is 0 Å². The van der Waals surface area contributed by atoms with Crippen molar-refractivity contribution in [1.29, 1.82) is 0 Å². The molecule has 0 N–H and O–H groups in total. The lowest BCUT2D eigenvalue weighted by Gasteiger charge is -2.15. The fraction of sp³-hybridized carbons (Fsp3) is 0.700. The third-order valence-corrected chi connectivity index (χ3v) is 3.81. The smallest absolute Gasteiger partial charge is 0.282 e. The van der Waals surface area contributed by atoms with Crippen LogP contribution in [0.4, 0.5) is 8.78 Å². The van der Waals surface area contributed by atoms with Gasteiger partial charge in [-0.15, -0.1) is 0 Å². The highest BCUT2D eigenvalue weighted by molar-refractivity contribution is 6.76. The number of halogens is 2. The molecule has 0 amide bonds. The first kappa shape index (κ1) is 13.3. The number of hydrogen-bond acceptors (Lipinski definition) is 2. The summed E-state index contributed by atoms with van der Waals surface area (Å²) in [5.41, 5.74) is -0.200. The van der Waals surface area contributed by atoms with E-state index in [1.807, 2.05) is 0 Å². The topological polar surface area (TPSA) is 27.1 Å². The molecular weight excluding hydrogens is 230 g/mol. The summed E-state index contributed by atoms with van der Waals surface area (Å²) in [4.78, 5) is 0. The van der Waals surface area contributed by atoms with Gasteiger partial charge in [-0.05, 0) is 12.1 Å². The van der Waals surface area contributed by atoms with Crippen molar-refractivity contribution in [2.24, 2.45) is 0 Å². The van der Waals surface area contributed by atoms with Crippen molar-refractivity contribution in [1.82, 2.24) is 9.78 Å². The Morgan fingerprint density at radius 3 is 2.62 bits per heavy atom. The molecule has 1 aromatic rings. The largest absolute Gasteiger partial charge is 0.360 e. The predicted octanol–water partition coefficient (Wildman–Crippen LogP) is 3.13. The molecule has 1 rings (SSSR count). The number of alkyl halides is 2. The highest BCUT2D eigenvalue weighted by Gasteiger charge is 2.13. The number of aromatic nitrogens is 2. The molecule has 1 heterocycles. The summed E-state index contributed by atoms with van der Waals surface area (Å²) < 4.78 is 31.2. The second-order valence-electron chi connectivity index (χ2n) is 4.93. The SMILES string of the molecule is C[Si](C)(C)CCOCn1ccc(C(F)F)n1. The molecular formula is C10H18F2N2OSi. The van der Waals surface area contributed by atoms with Gasteiger partial charge in [-0.1, -0.05) is 19.6 Å². The van der Waals surface area contributed by atoms with Crippen LogP contribution in [0.25, 0.3) is 0 Å². The lowest BCUT2D eigenvalue weighted by molar-refractivity contribution is 0.0760. The summed E-state index contributed by atoms with van der Waals surface area (Å²) in [5.74, 6) is 0. The molecule has 0 aliphatic carbocycles. The van der Waals surface area contributed by atoms with Crippen molar-refractivity contribution >= 4 is 8.07 Å². The van der Waals surface area contributed by atoms with Gasteiger partial charge in [-0.25, -0.2) is 13.5 Å². The van der Waals surface area contributed by atoms with Crippen molar-refractivity contribution in [2.45, 2.75) is 38.8 Å². The summed E-state index contributed by atoms with van der Waals surface area (Å²) in [7, 11) is -1.08. The van der Waals surface area contributed by atoms with E-state index in [0.717, 1.165) is 6.04 Å². The minimum Gasteiger partial charge on any atom is -0.360 e. The molecule has 0 atom stereocenters. The highest BCUT2D eigenvalue weighted by atomic mass is 28.3. The standard InChI is InChI=1S/C10H18F2N2OSi/c1-16(2,3)7-6-15-8-14-5-4-9(13-14)10(11)12/h4-5,10H,6-8H2,1-3H3. The van der Waals surface area contributed by atoms with E-state index in [9.17, 15) is 8.78 Å². The fourth-order valence-electron chi connectivity index (χ4n) is 1.10. The quantitative estimate of drug-likeness (QED) is 0.571. The van der Waals surface area contributed by atoms with E-state index in [0.29, 0.717) is 6.61 Å². The lowest BCUT2D eigenvalue weighted by Crippen LogP contribution is -2.22. The molecule has 0 aromatic carbocycles. The summed E-state index contributed by atoms with van der Waals surface area (Å²) in [6.45, 7) is 7.70. The minimum atomic E-state index is -2.51. The zero-order valence-electron chi connectivity index (χ0n) is 9.91. The molecule has 0 saturated heterocycles. The Morgan fingerprint density at radius 2 is 2.12 bits per heavy atom. The molecule has 16 heavy (non-hydrogen) atoms. The van der Waals surface area contributed by atoms with Gasteiger partial charge in [0, 0.05) is 20.9 Å². The first-order valence-electron chi connectivity index (χ1n) is 5.28. The summed E-state index contributed by atoms with van der Waals surface area (Å²) in [6.07, 6.45) is -1.00. The van der Waals surface area contributed by atoms with Crippen LogP contribution >= 0.6 is 0 Å². The average molecular weight is 248 g/mol. The third-order valence-electron chi connectivity index (χ3n) is 2.10. The Kier molecular flexibility index (Phi) is 4.61. The Hall–Kier alpha value is -0.753. The van der Waals surface area contributed by atoms with Crippen LogP contribution in [0.2, 0.25) is 25.7 Å². The molecule has 6 heteroatoms. The van der Waals surface area contributed by atoms with Crippen molar-refractivity contribution < 1.29 is 13.5 Å². The van der Waals surface area contributed by atoms with Gasteiger partial charge in [0.1, 0.15) is 12.4 Å². The molecule has 92 valence electrons. The van der Waals surface area contributed by atoms with Gasteiger partial charge in [0.2, 0.25) is 0 Å². The molecule has 0 bridgehead atoms. The number of nitrogens with zero attached hydrogens (tertiary/aromatic N) is 2. The van der Waals surface area contributed by atoms with E-state index in [-0.39, 0.29) is 12.4 Å². The maximum absolute atomic E-state index is 12.2. The van der Waals surface area contributed by atoms with E-state index in [4.69, 9.17) is 4.74 Å². The molecule has 0 spiro atoms. The third kappa shape index (κ3) is 4.85. The Morgan fingerprint density at radius 1 is 1.44 bits per heavy atom. The zero-order chi connectivity index (χ0) is 12.2. The Balaban J connectivity index is 2.27. The van der Waals surface area contributed by atoms with Crippen LogP contribution in [-0.4, -0.2) is 24.5 Å². The fourth-order valence-corrected chi connectivity index (χ4v) is 1.86. The summed E-state index contributed by atoms with van der Waals surface area (Å²) >= 11 is 0. The maximum atomic E-state index is 12.2. The van der Waals surface area contributed by atoms with Gasteiger partial charge in [-0.3, -0.25) is 0 Å². The number of hydrogen-bond donors (Lipinski definition) is 0. The Bertz CT molecular complexity index is 323. The molecule has 0 aliphatic heterocycles. The van der Waals surface area contributed by atoms with Crippen molar-refractivity contribution in [3.8, 4) is 0 Å². The Labute approximate surface area is 95.4 Å². The first-order valence-corrected chi connectivity index (χ1v) is 8.98. The molecule has 0 fully saturated rings. The van der Waals surface area contributed by atoms with Gasteiger partial charge >= 0.3 is 0 Å². The van der Waals surface area contributed by atoms with Crippen LogP contribution in [0.1, 0.15) is 12.1 Å². The van der Waals surface area contributed by atoms with E-state index in [1.165, 1.54) is 16.9 Å². The monoisotopic (exact) mass is 248 g/mol. The van der Waals surface area contributed by atoms with E-state index >= 15 is 0 Å². The van der Waals surface area contributed by atoms with E-state index < -0.39 is 14.5 Å². The van der Waals surface area contributed by atoms with Crippen LogP contribution in [0.3, 0.4) is 0 Å². The normalized spacial score (nSPS) is 12.4. The van der Waals surface area contributed by atoms with Crippen LogP contribution in [0.5, 0.6) is 0 Å². The molecule has 3 nitrogen and oxygen atoms in total. The number of rotatable bonds is 6. The lowest BCUT2D eigenvalue weighted by atomic mass is 10.5. The minimum absolute atomic E-state index is 0.200. The zero-order valence-corrected chi connectivity index (χ0v) is 10.9. The predicted molar refractivity (Wildman–Crippen MR) is 61.3 cm³/mol. The maximum Gasteiger partial charge on any atom is 0.282 e. The average Bonchev–Trinajstić information content (AvgIpc) is 2.59. The molecule has 0 unspecified atom stereocenters. The summed E-state index contributed by atoms with van der Waals surface area (Å²) in [6, 6.07) is 2.38. The second kappa shape index (κ2) is 5.54. The van der Waals surface area contributed by atoms with Gasteiger partial charge in [0.25, 0.3) is 6.43 Å². The van der Waals surface area contributed by atoms with Crippen LogP contribution in [-0.2, 0) is 11.5 Å². The number of ether oxygens (including phenoxy) is 1. The van der Waals surface area contributed by atoms with Crippen molar-refractivity contribution in [3.05, 3.63) is 18.0 Å². The highest BCUT2D eigenvalue weighted by Crippen LogP contribution is 2.15. The van der Waals surface area contributed by atoms with Gasteiger partial charge in [0.15, 0.2) is 0 Å². The molecule has 0 aliphatic rings. The van der Waals surface area contributed by atoms with E-state index in [1.54, 1.807) is 0 Å². The van der Waals surface area contributed by atoms with Gasteiger partial charge in [-0.2, -0.15) is 5.10 Å². The second-order valence-corrected chi connectivity index (χ2v) is 10.6. The first-order chi connectivity index (χ1) is 7.38. The summed E-state index contributed by atoms with van der Waals surface area (Å²) in [5, 5.41) is 3.70. The molecule has 1 aromatic heterocycles. The molecule has 0 radical (unpaired) electrons. The van der Waals surface area contributed by atoms with Crippen LogP contribution in [0, 0.1) is 0 Å².